The van der Waals surface area contributed by atoms with Crippen molar-refractivity contribution in [3.05, 3.63) is 69.3 Å². The van der Waals surface area contributed by atoms with E-state index in [1.54, 1.807) is 24.3 Å². The number of hydrogen-bond acceptors (Lipinski definition) is 5. The first-order valence-corrected chi connectivity index (χ1v) is 7.20. The second-order valence-corrected chi connectivity index (χ2v) is 5.37. The molecule has 0 fully saturated rings. The lowest BCUT2D eigenvalue weighted by atomic mass is 9.79. The SMILES string of the molecule is COCc1c(CO)c(CO)cc2c1C(=O)c1ccccc1C2=O. The Bertz CT molecular complexity index is 807. The molecule has 3 rings (SSSR count). The van der Waals surface area contributed by atoms with Crippen LogP contribution in [0.3, 0.4) is 0 Å². The average molecular weight is 312 g/mol. The van der Waals surface area contributed by atoms with E-state index in [0.717, 1.165) is 0 Å². The summed E-state index contributed by atoms with van der Waals surface area (Å²) in [5.74, 6) is -0.520. The van der Waals surface area contributed by atoms with E-state index in [4.69, 9.17) is 4.74 Å². The summed E-state index contributed by atoms with van der Waals surface area (Å²) in [7, 11) is 1.47. The summed E-state index contributed by atoms with van der Waals surface area (Å²) in [4.78, 5) is 25.6. The second-order valence-electron chi connectivity index (χ2n) is 5.37. The smallest absolute Gasteiger partial charge is 0.194 e. The van der Waals surface area contributed by atoms with Crippen molar-refractivity contribution in [1.82, 2.24) is 0 Å². The molecule has 0 bridgehead atoms. The molecule has 1 aliphatic carbocycles. The highest BCUT2D eigenvalue weighted by molar-refractivity contribution is 6.29. The molecule has 23 heavy (non-hydrogen) atoms. The Labute approximate surface area is 133 Å². The summed E-state index contributed by atoms with van der Waals surface area (Å²) in [6.45, 7) is -0.596. The molecular formula is C18H16O5. The van der Waals surface area contributed by atoms with E-state index < -0.39 is 0 Å². The number of benzene rings is 2. The van der Waals surface area contributed by atoms with Crippen LogP contribution in [0.25, 0.3) is 0 Å². The highest BCUT2D eigenvalue weighted by Crippen LogP contribution is 2.33. The quantitative estimate of drug-likeness (QED) is 0.764. The molecule has 0 saturated carbocycles. The van der Waals surface area contributed by atoms with Gasteiger partial charge in [-0.25, -0.2) is 0 Å². The Hall–Kier alpha value is -2.34. The number of hydrogen-bond donors (Lipinski definition) is 2. The molecule has 0 spiro atoms. The molecule has 0 atom stereocenters. The third kappa shape index (κ3) is 2.30. The van der Waals surface area contributed by atoms with E-state index >= 15 is 0 Å². The van der Waals surface area contributed by atoms with Gasteiger partial charge in [0.15, 0.2) is 11.6 Å². The zero-order chi connectivity index (χ0) is 16.6. The van der Waals surface area contributed by atoms with Gasteiger partial charge in [0.2, 0.25) is 0 Å². The molecule has 5 heteroatoms. The number of aliphatic hydroxyl groups excluding tert-OH is 2. The third-order valence-corrected chi connectivity index (χ3v) is 4.15. The van der Waals surface area contributed by atoms with Crippen LogP contribution in [-0.4, -0.2) is 28.9 Å². The maximum absolute atomic E-state index is 12.9. The van der Waals surface area contributed by atoms with Crippen molar-refractivity contribution in [1.29, 1.82) is 0 Å². The van der Waals surface area contributed by atoms with Gasteiger partial charge in [0.25, 0.3) is 0 Å². The van der Waals surface area contributed by atoms with Crippen LogP contribution in [0.2, 0.25) is 0 Å². The molecule has 0 aliphatic heterocycles. The van der Waals surface area contributed by atoms with Gasteiger partial charge in [0, 0.05) is 29.4 Å². The third-order valence-electron chi connectivity index (χ3n) is 4.15. The second kappa shape index (κ2) is 6.04. The summed E-state index contributed by atoms with van der Waals surface area (Å²) in [6.07, 6.45) is 0. The molecule has 118 valence electrons. The van der Waals surface area contributed by atoms with E-state index in [9.17, 15) is 19.8 Å². The fourth-order valence-electron chi connectivity index (χ4n) is 3.08. The van der Waals surface area contributed by atoms with Gasteiger partial charge >= 0.3 is 0 Å². The van der Waals surface area contributed by atoms with Crippen LogP contribution in [0.4, 0.5) is 0 Å². The Morgan fingerprint density at radius 2 is 1.57 bits per heavy atom. The summed E-state index contributed by atoms with van der Waals surface area (Å²) < 4.78 is 5.15. The first-order valence-electron chi connectivity index (χ1n) is 7.20. The van der Waals surface area contributed by atoms with Gasteiger partial charge in [0.1, 0.15) is 0 Å². The fourth-order valence-corrected chi connectivity index (χ4v) is 3.08. The fraction of sp³-hybridized carbons (Fsp3) is 0.222. The van der Waals surface area contributed by atoms with Crippen LogP contribution in [-0.2, 0) is 24.6 Å². The van der Waals surface area contributed by atoms with Crippen molar-refractivity contribution in [2.75, 3.05) is 7.11 Å². The minimum absolute atomic E-state index is 0.0766. The number of carbonyl (C=O) groups excluding carboxylic acids is 2. The molecule has 0 radical (unpaired) electrons. The van der Waals surface area contributed by atoms with E-state index in [0.29, 0.717) is 27.8 Å². The van der Waals surface area contributed by atoms with E-state index in [-0.39, 0.29) is 42.5 Å². The van der Waals surface area contributed by atoms with E-state index in [1.165, 1.54) is 13.2 Å². The van der Waals surface area contributed by atoms with E-state index in [1.807, 2.05) is 0 Å². The van der Waals surface area contributed by atoms with Crippen molar-refractivity contribution in [3.8, 4) is 0 Å². The van der Waals surface area contributed by atoms with Crippen LogP contribution in [0.5, 0.6) is 0 Å². The number of aliphatic hydroxyl groups is 2. The molecule has 0 amide bonds. The molecule has 0 unspecified atom stereocenters. The van der Waals surface area contributed by atoms with Crippen molar-refractivity contribution < 1.29 is 24.5 Å². The van der Waals surface area contributed by atoms with Crippen molar-refractivity contribution >= 4 is 11.6 Å². The topological polar surface area (TPSA) is 83.8 Å². The lowest BCUT2D eigenvalue weighted by Gasteiger charge is -2.23. The minimum atomic E-state index is -0.342. The van der Waals surface area contributed by atoms with Gasteiger partial charge < -0.3 is 14.9 Å². The largest absolute Gasteiger partial charge is 0.392 e. The van der Waals surface area contributed by atoms with Crippen LogP contribution >= 0.6 is 0 Å². The van der Waals surface area contributed by atoms with Crippen LogP contribution in [0, 0.1) is 0 Å². The first-order chi connectivity index (χ1) is 11.1. The molecule has 2 aromatic rings. The molecule has 0 aromatic heterocycles. The van der Waals surface area contributed by atoms with Gasteiger partial charge in [-0.2, -0.15) is 0 Å². The number of ether oxygens (including phenoxy) is 1. The summed E-state index contributed by atoms with van der Waals surface area (Å²) >= 11 is 0. The van der Waals surface area contributed by atoms with Crippen LogP contribution in [0.15, 0.2) is 30.3 Å². The Morgan fingerprint density at radius 3 is 2.13 bits per heavy atom. The standard InChI is InChI=1S/C18H16O5/c1-23-9-15-14(8-20)10(7-19)6-13-16(15)18(22)12-5-3-2-4-11(12)17(13)21/h2-6,19-20H,7-9H2,1H3. The van der Waals surface area contributed by atoms with Crippen molar-refractivity contribution in [2.45, 2.75) is 19.8 Å². The van der Waals surface area contributed by atoms with Crippen LogP contribution in [0.1, 0.15) is 48.5 Å². The maximum atomic E-state index is 12.9. The predicted octanol–water partition coefficient (Wildman–Crippen LogP) is 1.59. The Kier molecular flexibility index (Phi) is 4.09. The zero-order valence-corrected chi connectivity index (χ0v) is 12.6. The van der Waals surface area contributed by atoms with Gasteiger partial charge in [-0.3, -0.25) is 9.59 Å². The molecular weight excluding hydrogens is 296 g/mol. The summed E-state index contributed by atoms with van der Waals surface area (Å²) in [5.41, 5.74) is 2.55. The number of carbonyl (C=O) groups is 2. The van der Waals surface area contributed by atoms with Crippen molar-refractivity contribution in [2.24, 2.45) is 0 Å². The van der Waals surface area contributed by atoms with Crippen LogP contribution < -0.4 is 0 Å². The molecule has 0 saturated heterocycles. The number of ketones is 2. The highest BCUT2D eigenvalue weighted by atomic mass is 16.5. The van der Waals surface area contributed by atoms with Gasteiger partial charge in [-0.1, -0.05) is 24.3 Å². The molecule has 2 aromatic carbocycles. The molecule has 1 aliphatic rings. The maximum Gasteiger partial charge on any atom is 0.194 e. The van der Waals surface area contributed by atoms with E-state index in [2.05, 4.69) is 0 Å². The molecule has 5 nitrogen and oxygen atoms in total. The normalized spacial score (nSPS) is 13.0. The van der Waals surface area contributed by atoms with Gasteiger partial charge in [-0.05, 0) is 22.8 Å². The number of fused-ring (bicyclic) bond motifs is 2. The summed E-state index contributed by atoms with van der Waals surface area (Å²) in [6, 6.07) is 8.15. The lowest BCUT2D eigenvalue weighted by Crippen LogP contribution is -2.24. The lowest BCUT2D eigenvalue weighted by molar-refractivity contribution is 0.0974. The van der Waals surface area contributed by atoms with Gasteiger partial charge in [0.05, 0.1) is 19.8 Å². The Balaban J connectivity index is 2.35. The van der Waals surface area contributed by atoms with Crippen molar-refractivity contribution in [3.63, 3.8) is 0 Å². The number of methoxy groups -OCH3 is 1. The minimum Gasteiger partial charge on any atom is -0.392 e. The Morgan fingerprint density at radius 1 is 0.913 bits per heavy atom. The van der Waals surface area contributed by atoms with Gasteiger partial charge in [-0.15, -0.1) is 0 Å². The zero-order valence-electron chi connectivity index (χ0n) is 12.6. The monoisotopic (exact) mass is 312 g/mol. The highest BCUT2D eigenvalue weighted by Gasteiger charge is 2.33. The molecule has 2 N–H and O–H groups in total. The predicted molar refractivity (Wildman–Crippen MR) is 82.3 cm³/mol. The average Bonchev–Trinajstić information content (AvgIpc) is 2.59. The first kappa shape index (κ1) is 15.6. The number of rotatable bonds is 4. The molecule has 0 heterocycles. The summed E-state index contributed by atoms with van der Waals surface area (Å²) in [5, 5.41) is 19.2.